The van der Waals surface area contributed by atoms with Crippen molar-refractivity contribution in [1.82, 2.24) is 0 Å². The minimum absolute atomic E-state index is 0.115. The zero-order chi connectivity index (χ0) is 6.57. The van der Waals surface area contributed by atoms with Gasteiger partial charge in [-0.2, -0.15) is 0 Å². The van der Waals surface area contributed by atoms with Gasteiger partial charge in [-0.25, -0.2) is 0 Å². The first-order valence-electron chi connectivity index (χ1n) is 2.23. The number of hydrogen-bond acceptors (Lipinski definition) is 3. The third kappa shape index (κ3) is 3.33. The van der Waals surface area contributed by atoms with Crippen LogP contribution in [0.15, 0.2) is 0 Å². The maximum absolute atomic E-state index is 10.2. The number of Topliss-reactive ketones (excluding diaryl/α,β-unsaturated/α-hetero) is 1. The summed E-state index contributed by atoms with van der Waals surface area (Å²) >= 11 is 0. The molecule has 0 atom stereocenters. The second kappa shape index (κ2) is 3.18. The molecule has 0 N–H and O–H groups in total. The minimum Gasteiger partial charge on any atom is -0.469 e. The monoisotopic (exact) mass is 119 g/mol. The first-order valence-corrected chi connectivity index (χ1v) is 2.23. The third-order valence-electron chi connectivity index (χ3n) is 0.621. The molecule has 0 saturated carbocycles. The Kier molecular flexibility index (Phi) is 2.84. The van der Waals surface area contributed by atoms with Gasteiger partial charge in [0.2, 0.25) is 0 Å². The SMILES string of the molecule is CO[13C](=O)[13CH2][13C](C)=O. The summed E-state index contributed by atoms with van der Waals surface area (Å²) in [4.78, 5) is 20.3. The van der Waals surface area contributed by atoms with Crippen molar-refractivity contribution in [2.24, 2.45) is 0 Å². The zero-order valence-electron chi connectivity index (χ0n) is 4.93. The number of esters is 1. The molecule has 0 amide bonds. The van der Waals surface area contributed by atoms with E-state index in [0.29, 0.717) is 0 Å². The molecule has 8 heavy (non-hydrogen) atoms. The van der Waals surface area contributed by atoms with Crippen molar-refractivity contribution < 1.29 is 14.3 Å². The van der Waals surface area contributed by atoms with E-state index in [0.717, 1.165) is 0 Å². The van der Waals surface area contributed by atoms with E-state index in [1.54, 1.807) is 0 Å². The smallest absolute Gasteiger partial charge is 0.313 e. The molecule has 3 nitrogen and oxygen atoms in total. The van der Waals surface area contributed by atoms with Gasteiger partial charge in [0.15, 0.2) is 0 Å². The predicted molar refractivity (Wildman–Crippen MR) is 27.3 cm³/mol. The molecule has 0 aromatic rings. The number of carbonyl (C=O) groups is 2. The summed E-state index contributed by atoms with van der Waals surface area (Å²) in [5.74, 6) is -0.644. The summed E-state index contributed by atoms with van der Waals surface area (Å²) in [6.45, 7) is 1.34. The molecule has 3 heteroatoms. The number of carbonyl (C=O) groups excluding carboxylic acids is 2. The summed E-state index contributed by atoms with van der Waals surface area (Å²) in [6.07, 6.45) is -0.115. The molecule has 0 rings (SSSR count). The quantitative estimate of drug-likeness (QED) is 0.295. The highest BCUT2D eigenvalue weighted by Crippen LogP contribution is 1.83. The Morgan fingerprint density at radius 3 is 2.12 bits per heavy atom. The molecular weight excluding hydrogens is 111 g/mol. The van der Waals surface area contributed by atoms with Gasteiger partial charge in [0.25, 0.3) is 0 Å². The molecule has 0 fully saturated rings. The Morgan fingerprint density at radius 1 is 1.50 bits per heavy atom. The number of ketones is 1. The molecule has 0 aliphatic carbocycles. The molecule has 0 aromatic carbocycles. The van der Waals surface area contributed by atoms with E-state index in [-0.39, 0.29) is 12.2 Å². The van der Waals surface area contributed by atoms with Crippen LogP contribution >= 0.6 is 0 Å². The van der Waals surface area contributed by atoms with Crippen molar-refractivity contribution in [3.05, 3.63) is 0 Å². The highest BCUT2D eigenvalue weighted by atomic mass is 16.6. The van der Waals surface area contributed by atoms with Crippen LogP contribution in [0.1, 0.15) is 13.3 Å². The Balaban J connectivity index is 3.40. The Hall–Kier alpha value is -0.860. The molecular formula is C5H8O3. The third-order valence-corrected chi connectivity index (χ3v) is 0.621. The van der Waals surface area contributed by atoms with E-state index in [1.165, 1.54) is 14.0 Å². The summed E-state index contributed by atoms with van der Waals surface area (Å²) in [7, 11) is 1.26. The normalized spacial score (nSPS) is 8.25. The van der Waals surface area contributed by atoms with Crippen molar-refractivity contribution >= 4 is 11.8 Å². The summed E-state index contributed by atoms with van der Waals surface area (Å²) in [6, 6.07) is 0. The molecule has 0 saturated heterocycles. The van der Waals surface area contributed by atoms with Gasteiger partial charge in [0, 0.05) is 0 Å². The lowest BCUT2D eigenvalue weighted by Crippen LogP contribution is -2.05. The van der Waals surface area contributed by atoms with Crippen LogP contribution in [-0.2, 0) is 14.3 Å². The number of hydrogen-bond donors (Lipinski definition) is 0. The maximum atomic E-state index is 10.2. The van der Waals surface area contributed by atoms with Crippen LogP contribution in [0.25, 0.3) is 0 Å². The fourth-order valence-corrected chi connectivity index (χ4v) is 0.275. The Labute approximate surface area is 47.6 Å². The number of ether oxygens (including phenoxy) is 1. The Morgan fingerprint density at radius 2 is 2.00 bits per heavy atom. The van der Waals surface area contributed by atoms with Crippen LogP contribution in [-0.4, -0.2) is 18.9 Å². The first kappa shape index (κ1) is 7.14. The van der Waals surface area contributed by atoms with Gasteiger partial charge in [0.1, 0.15) is 12.2 Å². The van der Waals surface area contributed by atoms with E-state index < -0.39 is 5.97 Å². The average Bonchev–Trinajstić information content (AvgIpc) is 1.65. The van der Waals surface area contributed by atoms with Gasteiger partial charge < -0.3 is 4.74 Å². The fraction of sp³-hybridized carbons (Fsp3) is 0.600. The number of rotatable bonds is 2. The topological polar surface area (TPSA) is 43.4 Å². The van der Waals surface area contributed by atoms with Crippen molar-refractivity contribution in [1.29, 1.82) is 0 Å². The van der Waals surface area contributed by atoms with Crippen molar-refractivity contribution in [2.45, 2.75) is 13.3 Å². The van der Waals surface area contributed by atoms with Crippen LogP contribution in [0.4, 0.5) is 0 Å². The molecule has 0 aliphatic rings. The van der Waals surface area contributed by atoms with Crippen LogP contribution in [0.3, 0.4) is 0 Å². The van der Waals surface area contributed by atoms with Crippen LogP contribution in [0, 0.1) is 0 Å². The van der Waals surface area contributed by atoms with Gasteiger partial charge in [-0.3, -0.25) is 9.59 Å². The lowest BCUT2D eigenvalue weighted by atomic mass is 11.1. The van der Waals surface area contributed by atoms with Gasteiger partial charge >= 0.3 is 5.97 Å². The molecule has 0 spiro atoms. The van der Waals surface area contributed by atoms with Gasteiger partial charge in [0.05, 0.1) is 7.11 Å². The number of methoxy groups -OCH3 is 1. The molecule has 46 valence electrons. The van der Waals surface area contributed by atoms with Crippen LogP contribution < -0.4 is 0 Å². The molecule has 0 radical (unpaired) electrons. The van der Waals surface area contributed by atoms with Crippen LogP contribution in [0.5, 0.6) is 0 Å². The zero-order valence-corrected chi connectivity index (χ0v) is 4.93. The second-order valence-electron chi connectivity index (χ2n) is 1.45. The maximum Gasteiger partial charge on any atom is 0.313 e. The standard InChI is InChI=1S/C5H8O3/c1-4(6)3-5(7)8-2/h3H2,1-2H3/i3+1,4+1,5+1. The predicted octanol–water partition coefficient (Wildman–Crippen LogP) is 0.138. The molecule has 0 aromatic heterocycles. The van der Waals surface area contributed by atoms with E-state index >= 15 is 0 Å². The van der Waals surface area contributed by atoms with E-state index in [4.69, 9.17) is 0 Å². The first-order chi connectivity index (χ1) is 3.66. The average molecular weight is 119 g/mol. The lowest BCUT2D eigenvalue weighted by molar-refractivity contribution is -0.142. The Bertz CT molecular complexity index is 106. The van der Waals surface area contributed by atoms with Gasteiger partial charge in [-0.05, 0) is 6.92 Å². The van der Waals surface area contributed by atoms with E-state index in [1.807, 2.05) is 0 Å². The van der Waals surface area contributed by atoms with Crippen molar-refractivity contribution in [2.75, 3.05) is 7.11 Å². The van der Waals surface area contributed by atoms with Crippen molar-refractivity contribution in [3.63, 3.8) is 0 Å². The van der Waals surface area contributed by atoms with Gasteiger partial charge in [-0.15, -0.1) is 0 Å². The highest BCUT2D eigenvalue weighted by Gasteiger charge is 2.01. The van der Waals surface area contributed by atoms with Crippen LogP contribution in [0.2, 0.25) is 0 Å². The molecule has 0 bridgehead atoms. The minimum atomic E-state index is -0.475. The second-order valence-corrected chi connectivity index (χ2v) is 1.45. The fourth-order valence-electron chi connectivity index (χ4n) is 0.275. The van der Waals surface area contributed by atoms with E-state index in [2.05, 4.69) is 4.74 Å². The molecule has 0 aliphatic heterocycles. The summed E-state index contributed by atoms with van der Waals surface area (Å²) in [5, 5.41) is 0. The molecule has 0 unspecified atom stereocenters. The summed E-state index contributed by atoms with van der Waals surface area (Å²) in [5.41, 5.74) is 0. The lowest BCUT2D eigenvalue weighted by Gasteiger charge is -1.90. The van der Waals surface area contributed by atoms with Gasteiger partial charge in [-0.1, -0.05) is 0 Å². The van der Waals surface area contributed by atoms with E-state index in [9.17, 15) is 9.59 Å². The van der Waals surface area contributed by atoms with Crippen molar-refractivity contribution in [3.8, 4) is 0 Å². The highest BCUT2D eigenvalue weighted by molar-refractivity contribution is 5.93. The largest absolute Gasteiger partial charge is 0.469 e. The summed E-state index contributed by atoms with van der Waals surface area (Å²) < 4.78 is 4.20. The molecule has 0 heterocycles.